The number of aliphatic hydroxyl groups is 1. The summed E-state index contributed by atoms with van der Waals surface area (Å²) in [6.45, 7) is 1.93. The molecule has 1 fully saturated rings. The molecule has 0 saturated heterocycles. The predicted molar refractivity (Wildman–Crippen MR) is 62.6 cm³/mol. The van der Waals surface area contributed by atoms with Gasteiger partial charge in [-0.05, 0) is 25.5 Å². The van der Waals surface area contributed by atoms with Crippen LogP contribution in [0.4, 0.5) is 0 Å². The number of hydrogen-bond donors (Lipinski definition) is 2. The highest BCUT2D eigenvalue weighted by molar-refractivity contribution is 8.01. The summed E-state index contributed by atoms with van der Waals surface area (Å²) < 4.78 is -0.803. The van der Waals surface area contributed by atoms with Gasteiger partial charge in [-0.1, -0.05) is 17.7 Å². The average Bonchev–Trinajstić information content (AvgIpc) is 2.93. The molecule has 2 atom stereocenters. The number of aliphatic hydroxyl groups excluding tert-OH is 1. The van der Waals surface area contributed by atoms with E-state index in [9.17, 15) is 9.90 Å². The van der Waals surface area contributed by atoms with E-state index in [2.05, 4.69) is 0 Å². The Bertz CT molecular complexity index is 418. The van der Waals surface area contributed by atoms with Crippen LogP contribution in [-0.4, -0.2) is 27.5 Å². The van der Waals surface area contributed by atoms with Gasteiger partial charge in [0.05, 0.1) is 0 Å². The van der Waals surface area contributed by atoms with Crippen LogP contribution in [0.5, 0.6) is 0 Å². The van der Waals surface area contributed by atoms with Crippen molar-refractivity contribution >= 4 is 17.7 Å². The van der Waals surface area contributed by atoms with Gasteiger partial charge in [-0.2, -0.15) is 0 Å². The van der Waals surface area contributed by atoms with E-state index in [1.165, 1.54) is 11.8 Å². The van der Waals surface area contributed by atoms with Gasteiger partial charge in [-0.25, -0.2) is 0 Å². The number of benzene rings is 1. The Morgan fingerprint density at radius 2 is 2.38 bits per heavy atom. The van der Waals surface area contributed by atoms with Crippen molar-refractivity contribution in [3.05, 3.63) is 29.8 Å². The molecule has 0 radical (unpaired) electrons. The number of carboxylic acid groups (broad SMARTS) is 1. The van der Waals surface area contributed by atoms with E-state index in [1.54, 1.807) is 0 Å². The van der Waals surface area contributed by atoms with E-state index >= 15 is 0 Å². The third kappa shape index (κ3) is 1.95. The summed E-state index contributed by atoms with van der Waals surface area (Å²) in [6, 6.07) is 7.79. The summed E-state index contributed by atoms with van der Waals surface area (Å²) in [5.74, 6) is -0.937. The van der Waals surface area contributed by atoms with Gasteiger partial charge in [0, 0.05) is 17.4 Å². The van der Waals surface area contributed by atoms with Crippen LogP contribution >= 0.6 is 11.8 Å². The first-order valence-electron chi connectivity index (χ1n) is 5.18. The predicted octanol–water partition coefficient (Wildman–Crippen LogP) is 1.92. The zero-order valence-corrected chi connectivity index (χ0v) is 9.83. The molecule has 2 unspecified atom stereocenters. The van der Waals surface area contributed by atoms with E-state index in [4.69, 9.17) is 5.11 Å². The summed E-state index contributed by atoms with van der Waals surface area (Å²) in [5, 5.41) is 18.3. The van der Waals surface area contributed by atoms with E-state index in [-0.39, 0.29) is 12.5 Å². The minimum absolute atomic E-state index is 0.0505. The molecular formula is C12H14O3S. The smallest absolute Gasteiger partial charge is 0.320 e. The standard InChI is InChI=1S/C12H14O3S/c1-8-3-2-4-10(5-8)16-12(11(14)15)6-9(12)7-13/h2-5,9,13H,6-7H2,1H3,(H,14,15). The monoisotopic (exact) mass is 238 g/mol. The zero-order chi connectivity index (χ0) is 11.8. The van der Waals surface area contributed by atoms with Crippen molar-refractivity contribution in [3.63, 3.8) is 0 Å². The third-order valence-corrected chi connectivity index (χ3v) is 4.45. The third-order valence-electron chi connectivity index (χ3n) is 2.92. The molecule has 1 saturated carbocycles. The second-order valence-corrected chi connectivity index (χ2v) is 5.60. The molecule has 0 spiro atoms. The molecular weight excluding hydrogens is 224 g/mol. The number of carboxylic acids is 1. The lowest BCUT2D eigenvalue weighted by Gasteiger charge is -2.11. The molecule has 1 aromatic rings. The zero-order valence-electron chi connectivity index (χ0n) is 9.01. The Labute approximate surface area is 98.5 Å². The summed E-state index contributed by atoms with van der Waals surface area (Å²) in [7, 11) is 0. The van der Waals surface area contributed by atoms with Crippen molar-refractivity contribution in [1.29, 1.82) is 0 Å². The molecule has 4 heteroatoms. The lowest BCUT2D eigenvalue weighted by atomic mass is 10.2. The van der Waals surface area contributed by atoms with Gasteiger partial charge >= 0.3 is 5.97 Å². The fraction of sp³-hybridized carbons (Fsp3) is 0.417. The van der Waals surface area contributed by atoms with Crippen LogP contribution < -0.4 is 0 Å². The van der Waals surface area contributed by atoms with E-state index in [0.29, 0.717) is 6.42 Å². The molecule has 0 heterocycles. The van der Waals surface area contributed by atoms with E-state index < -0.39 is 10.7 Å². The SMILES string of the molecule is Cc1cccc(SC2(C(=O)O)CC2CO)c1. The number of aliphatic carboxylic acids is 1. The van der Waals surface area contributed by atoms with Gasteiger partial charge in [0.15, 0.2) is 0 Å². The van der Waals surface area contributed by atoms with Crippen LogP contribution in [0.1, 0.15) is 12.0 Å². The minimum atomic E-state index is -0.821. The van der Waals surface area contributed by atoms with Gasteiger partial charge in [-0.15, -0.1) is 11.8 Å². The average molecular weight is 238 g/mol. The molecule has 1 aliphatic carbocycles. The maximum absolute atomic E-state index is 11.2. The topological polar surface area (TPSA) is 57.5 Å². The van der Waals surface area contributed by atoms with Crippen LogP contribution in [0.25, 0.3) is 0 Å². The molecule has 0 amide bonds. The Morgan fingerprint density at radius 1 is 1.62 bits per heavy atom. The van der Waals surface area contributed by atoms with Crippen molar-refractivity contribution in [3.8, 4) is 0 Å². The van der Waals surface area contributed by atoms with Gasteiger partial charge in [-0.3, -0.25) is 4.79 Å². The number of aryl methyl sites for hydroxylation is 1. The Morgan fingerprint density at radius 3 is 2.88 bits per heavy atom. The Kier molecular flexibility index (Phi) is 2.95. The van der Waals surface area contributed by atoms with Gasteiger partial charge in [0.2, 0.25) is 0 Å². The fourth-order valence-corrected chi connectivity index (χ4v) is 3.26. The number of carbonyl (C=O) groups is 1. The first-order valence-corrected chi connectivity index (χ1v) is 6.00. The maximum Gasteiger partial charge on any atom is 0.320 e. The van der Waals surface area contributed by atoms with Crippen LogP contribution in [0, 0.1) is 12.8 Å². The molecule has 86 valence electrons. The fourth-order valence-electron chi connectivity index (χ4n) is 1.84. The minimum Gasteiger partial charge on any atom is -0.480 e. The van der Waals surface area contributed by atoms with Crippen LogP contribution in [0.3, 0.4) is 0 Å². The highest BCUT2D eigenvalue weighted by Crippen LogP contribution is 2.56. The highest BCUT2D eigenvalue weighted by Gasteiger charge is 2.61. The molecule has 2 N–H and O–H groups in total. The molecule has 1 aromatic carbocycles. The highest BCUT2D eigenvalue weighted by atomic mass is 32.2. The van der Waals surface area contributed by atoms with E-state index in [0.717, 1.165) is 10.5 Å². The first kappa shape index (κ1) is 11.5. The summed E-state index contributed by atoms with van der Waals surface area (Å²) in [5.41, 5.74) is 1.12. The normalized spacial score (nSPS) is 27.8. The molecule has 0 aromatic heterocycles. The second-order valence-electron chi connectivity index (χ2n) is 4.20. The summed E-state index contributed by atoms with van der Waals surface area (Å²) >= 11 is 1.35. The molecule has 2 rings (SSSR count). The maximum atomic E-state index is 11.2. The van der Waals surface area contributed by atoms with Crippen molar-refractivity contribution in [2.45, 2.75) is 23.0 Å². The lowest BCUT2D eigenvalue weighted by molar-refractivity contribution is -0.137. The van der Waals surface area contributed by atoms with Gasteiger partial charge in [0.25, 0.3) is 0 Å². The second kappa shape index (κ2) is 4.11. The quantitative estimate of drug-likeness (QED) is 0.841. The van der Waals surface area contributed by atoms with Gasteiger partial charge in [0.1, 0.15) is 4.75 Å². The van der Waals surface area contributed by atoms with Crippen molar-refractivity contribution < 1.29 is 15.0 Å². The van der Waals surface area contributed by atoms with Gasteiger partial charge < -0.3 is 10.2 Å². The van der Waals surface area contributed by atoms with Crippen LogP contribution in [0.15, 0.2) is 29.2 Å². The number of rotatable bonds is 4. The van der Waals surface area contributed by atoms with Crippen LogP contribution in [0.2, 0.25) is 0 Å². The largest absolute Gasteiger partial charge is 0.480 e. The molecule has 0 bridgehead atoms. The van der Waals surface area contributed by atoms with Crippen molar-refractivity contribution in [2.24, 2.45) is 5.92 Å². The number of thioether (sulfide) groups is 1. The first-order chi connectivity index (χ1) is 7.58. The Balaban J connectivity index is 2.17. The van der Waals surface area contributed by atoms with E-state index in [1.807, 2.05) is 31.2 Å². The Hall–Kier alpha value is -1.00. The summed E-state index contributed by atoms with van der Waals surface area (Å²) in [4.78, 5) is 12.2. The molecule has 1 aliphatic rings. The molecule has 0 aliphatic heterocycles. The molecule has 3 nitrogen and oxygen atoms in total. The van der Waals surface area contributed by atoms with Crippen LogP contribution in [-0.2, 0) is 4.79 Å². The summed E-state index contributed by atoms with van der Waals surface area (Å²) in [6.07, 6.45) is 0.553. The number of hydrogen-bond acceptors (Lipinski definition) is 3. The lowest BCUT2D eigenvalue weighted by Crippen LogP contribution is -2.21. The van der Waals surface area contributed by atoms with Crippen molar-refractivity contribution in [1.82, 2.24) is 0 Å². The van der Waals surface area contributed by atoms with Crippen molar-refractivity contribution in [2.75, 3.05) is 6.61 Å². The molecule has 16 heavy (non-hydrogen) atoms.